The number of methoxy groups -OCH3 is 2. The van der Waals surface area contributed by atoms with Gasteiger partial charge in [-0.25, -0.2) is 24.4 Å². The van der Waals surface area contributed by atoms with Crippen molar-refractivity contribution in [3.8, 4) is 28.4 Å². The minimum absolute atomic E-state index is 0.00216. The normalized spacial score (nSPS) is 15.8. The lowest BCUT2D eigenvalue weighted by atomic mass is 9.99. The molecule has 0 bridgehead atoms. The maximum absolute atomic E-state index is 12.7. The molecular formula is C25H26N6O4. The number of nitrogens with two attached hydrogens (primary N) is 1. The number of benzene rings is 1. The number of fused-ring (bicyclic) bond motifs is 1. The Hall–Kier alpha value is -4.05. The monoisotopic (exact) mass is 474 g/mol. The van der Waals surface area contributed by atoms with Gasteiger partial charge in [0.25, 0.3) is 0 Å². The number of carbonyl (C=O) groups excluding carboxylic acids is 1. The van der Waals surface area contributed by atoms with Gasteiger partial charge in [-0.3, -0.25) is 0 Å². The maximum Gasteiger partial charge on any atom is 0.360 e. The van der Waals surface area contributed by atoms with Crippen molar-refractivity contribution in [2.75, 3.05) is 26.6 Å². The molecule has 0 radical (unpaired) electrons. The highest BCUT2D eigenvalue weighted by atomic mass is 16.5. The summed E-state index contributed by atoms with van der Waals surface area (Å²) in [5, 5.41) is 5.51. The smallest absolute Gasteiger partial charge is 0.360 e. The van der Waals surface area contributed by atoms with E-state index >= 15 is 0 Å². The second kappa shape index (κ2) is 9.30. The average molecular weight is 475 g/mol. The number of aromatic nitrogens is 5. The molecule has 1 unspecified atom stereocenters. The Bertz CT molecular complexity index is 1410. The number of aryl methyl sites for hydroxylation is 1. The molecule has 4 heterocycles. The highest BCUT2D eigenvalue weighted by Gasteiger charge is 2.27. The van der Waals surface area contributed by atoms with E-state index in [2.05, 4.69) is 15.1 Å². The molecular weight excluding hydrogens is 448 g/mol. The van der Waals surface area contributed by atoms with Crippen LogP contribution in [-0.2, 0) is 9.47 Å². The fourth-order valence-corrected chi connectivity index (χ4v) is 4.47. The van der Waals surface area contributed by atoms with Crippen molar-refractivity contribution in [1.29, 1.82) is 0 Å². The zero-order valence-electron chi connectivity index (χ0n) is 19.8. The van der Waals surface area contributed by atoms with Crippen molar-refractivity contribution in [2.45, 2.75) is 32.4 Å². The van der Waals surface area contributed by atoms with Crippen molar-refractivity contribution >= 4 is 22.7 Å². The van der Waals surface area contributed by atoms with Crippen LogP contribution in [-0.4, -0.2) is 51.5 Å². The lowest BCUT2D eigenvalue weighted by Gasteiger charge is -2.23. The highest BCUT2D eigenvalue weighted by Crippen LogP contribution is 2.40. The summed E-state index contributed by atoms with van der Waals surface area (Å²) in [4.78, 5) is 26.1. The Morgan fingerprint density at radius 3 is 2.77 bits per heavy atom. The molecule has 1 aliphatic rings. The van der Waals surface area contributed by atoms with E-state index in [4.69, 9.17) is 24.9 Å². The van der Waals surface area contributed by atoms with Crippen LogP contribution in [0.25, 0.3) is 33.5 Å². The number of hydrogen-bond donors (Lipinski definition) is 1. The Morgan fingerprint density at radius 1 is 1.20 bits per heavy atom. The first-order chi connectivity index (χ1) is 17.0. The largest absolute Gasteiger partial charge is 0.492 e. The van der Waals surface area contributed by atoms with Crippen LogP contribution in [0.1, 0.15) is 41.5 Å². The molecule has 4 aromatic rings. The molecule has 180 valence electrons. The molecule has 0 aliphatic carbocycles. The van der Waals surface area contributed by atoms with Gasteiger partial charge in [0.1, 0.15) is 11.5 Å². The number of rotatable bonds is 5. The summed E-state index contributed by atoms with van der Waals surface area (Å²) in [7, 11) is 2.77. The lowest BCUT2D eigenvalue weighted by molar-refractivity contribution is -0.0366. The maximum atomic E-state index is 12.7. The summed E-state index contributed by atoms with van der Waals surface area (Å²) < 4.78 is 18.6. The van der Waals surface area contributed by atoms with E-state index in [-0.39, 0.29) is 29.3 Å². The van der Waals surface area contributed by atoms with E-state index in [9.17, 15) is 4.79 Å². The van der Waals surface area contributed by atoms with Gasteiger partial charge in [0, 0.05) is 23.8 Å². The number of anilines is 1. The number of hydrogen-bond acceptors (Lipinski definition) is 9. The van der Waals surface area contributed by atoms with Gasteiger partial charge >= 0.3 is 5.97 Å². The van der Waals surface area contributed by atoms with E-state index in [1.807, 2.05) is 23.7 Å². The molecule has 1 fully saturated rings. The summed E-state index contributed by atoms with van der Waals surface area (Å²) in [6, 6.07) is 7.50. The number of carbonyl (C=O) groups is 1. The van der Waals surface area contributed by atoms with Gasteiger partial charge in [-0.05, 0) is 49.9 Å². The van der Waals surface area contributed by atoms with Gasteiger partial charge in [-0.1, -0.05) is 6.07 Å². The van der Waals surface area contributed by atoms with E-state index in [1.165, 1.54) is 14.2 Å². The van der Waals surface area contributed by atoms with Gasteiger partial charge in [-0.2, -0.15) is 5.10 Å². The van der Waals surface area contributed by atoms with Gasteiger partial charge in [0.2, 0.25) is 0 Å². The van der Waals surface area contributed by atoms with Crippen molar-refractivity contribution in [3.63, 3.8) is 0 Å². The minimum Gasteiger partial charge on any atom is -0.492 e. The highest BCUT2D eigenvalue weighted by molar-refractivity contribution is 6.00. The first-order valence-corrected chi connectivity index (χ1v) is 11.4. The van der Waals surface area contributed by atoms with Crippen LogP contribution >= 0.6 is 0 Å². The second-order valence-electron chi connectivity index (χ2n) is 8.31. The average Bonchev–Trinajstić information content (AvgIpc) is 3.32. The number of pyridine rings is 1. The topological polar surface area (TPSA) is 127 Å². The molecule has 2 N–H and O–H groups in total. The third-order valence-electron chi connectivity index (χ3n) is 6.18. The number of esters is 1. The van der Waals surface area contributed by atoms with Crippen LogP contribution < -0.4 is 10.5 Å². The summed E-state index contributed by atoms with van der Waals surface area (Å²) in [5.74, 6) is 0.0495. The Balaban J connectivity index is 1.79. The SMILES string of the molecule is COC(=O)c1nc(-c2cccnc2N)nc(-c2c(C)ccc3c2cnn3C2CCCCO2)c1OC. The third-order valence-corrected chi connectivity index (χ3v) is 6.18. The van der Waals surface area contributed by atoms with Crippen molar-refractivity contribution in [3.05, 3.63) is 47.9 Å². The number of nitrogen functional groups attached to an aromatic ring is 1. The summed E-state index contributed by atoms with van der Waals surface area (Å²) in [6.07, 6.45) is 6.29. The third kappa shape index (κ3) is 3.95. The van der Waals surface area contributed by atoms with E-state index in [0.29, 0.717) is 17.9 Å². The zero-order chi connectivity index (χ0) is 24.5. The van der Waals surface area contributed by atoms with Gasteiger partial charge in [-0.15, -0.1) is 0 Å². The predicted octanol–water partition coefficient (Wildman–Crippen LogP) is 3.94. The molecule has 0 saturated carbocycles. The lowest BCUT2D eigenvalue weighted by Crippen LogP contribution is -2.18. The summed E-state index contributed by atoms with van der Waals surface area (Å²) >= 11 is 0. The van der Waals surface area contributed by atoms with E-state index in [0.717, 1.165) is 41.3 Å². The summed E-state index contributed by atoms with van der Waals surface area (Å²) in [5.41, 5.74) is 9.65. The first-order valence-electron chi connectivity index (χ1n) is 11.4. The van der Waals surface area contributed by atoms with Crippen LogP contribution in [0.3, 0.4) is 0 Å². The minimum atomic E-state index is -0.648. The van der Waals surface area contributed by atoms with Crippen molar-refractivity contribution in [1.82, 2.24) is 24.7 Å². The molecule has 35 heavy (non-hydrogen) atoms. The molecule has 5 rings (SSSR count). The quantitative estimate of drug-likeness (QED) is 0.428. The van der Waals surface area contributed by atoms with Crippen LogP contribution in [0.5, 0.6) is 5.75 Å². The molecule has 0 amide bonds. The molecule has 1 atom stereocenters. The van der Waals surface area contributed by atoms with E-state index in [1.54, 1.807) is 24.5 Å². The molecule has 1 aliphatic heterocycles. The molecule has 10 heteroatoms. The van der Waals surface area contributed by atoms with Crippen LogP contribution in [0, 0.1) is 6.92 Å². The fourth-order valence-electron chi connectivity index (χ4n) is 4.47. The van der Waals surface area contributed by atoms with Crippen molar-refractivity contribution in [2.24, 2.45) is 0 Å². The van der Waals surface area contributed by atoms with E-state index < -0.39 is 5.97 Å². The van der Waals surface area contributed by atoms with Gasteiger partial charge < -0.3 is 19.9 Å². The van der Waals surface area contributed by atoms with Crippen LogP contribution in [0.2, 0.25) is 0 Å². The molecule has 0 spiro atoms. The van der Waals surface area contributed by atoms with Crippen molar-refractivity contribution < 1.29 is 19.0 Å². The Morgan fingerprint density at radius 2 is 2.06 bits per heavy atom. The predicted molar refractivity (Wildman–Crippen MR) is 130 cm³/mol. The van der Waals surface area contributed by atoms with Gasteiger partial charge in [0.15, 0.2) is 23.5 Å². The second-order valence-corrected chi connectivity index (χ2v) is 8.31. The number of ether oxygens (including phenoxy) is 3. The first kappa shape index (κ1) is 22.7. The molecule has 1 saturated heterocycles. The Kier molecular flexibility index (Phi) is 6.04. The molecule has 10 nitrogen and oxygen atoms in total. The summed E-state index contributed by atoms with van der Waals surface area (Å²) in [6.45, 7) is 2.68. The van der Waals surface area contributed by atoms with Gasteiger partial charge in [0.05, 0.1) is 31.5 Å². The fraction of sp³-hybridized carbons (Fsp3) is 0.320. The zero-order valence-corrected chi connectivity index (χ0v) is 19.8. The Labute approximate surface area is 202 Å². The standard InChI is InChI=1S/C25H26N6O4/c1-14-9-10-17-16(13-28-31(17)18-8-4-5-12-35-18)19(14)20-22(33-2)21(25(32)34-3)30-24(29-20)15-7-6-11-27-23(15)26/h6-7,9-11,13,18H,4-5,8,12H2,1-3H3,(H2,26,27). The molecule has 1 aromatic carbocycles. The number of nitrogens with zero attached hydrogens (tertiary/aromatic N) is 5. The molecule has 3 aromatic heterocycles. The van der Waals surface area contributed by atoms with Crippen LogP contribution in [0.15, 0.2) is 36.7 Å². The van der Waals surface area contributed by atoms with Crippen LogP contribution in [0.4, 0.5) is 5.82 Å².